The maximum atomic E-state index is 11.9. The molecule has 2 rings (SSSR count). The Hall–Kier alpha value is -1.81. The fourth-order valence-corrected chi connectivity index (χ4v) is 2.64. The van der Waals surface area contributed by atoms with Gasteiger partial charge in [-0.3, -0.25) is 0 Å². The van der Waals surface area contributed by atoms with Crippen LogP contribution < -0.4 is 15.7 Å². The predicted molar refractivity (Wildman–Crippen MR) is 89.9 cm³/mol. The summed E-state index contributed by atoms with van der Waals surface area (Å²) in [6.07, 6.45) is 2.02. The van der Waals surface area contributed by atoms with Crippen molar-refractivity contribution in [1.82, 2.24) is 5.32 Å². The molecule has 0 aliphatic carbocycles. The van der Waals surface area contributed by atoms with E-state index in [1.807, 2.05) is 33.0 Å². The summed E-state index contributed by atoms with van der Waals surface area (Å²) in [4.78, 5) is 11.9. The van der Waals surface area contributed by atoms with Gasteiger partial charge in [0.05, 0.1) is 6.61 Å². The highest BCUT2D eigenvalue weighted by Gasteiger charge is 2.13. The quantitative estimate of drug-likeness (QED) is 0.830. The van der Waals surface area contributed by atoms with E-state index < -0.39 is 0 Å². The lowest BCUT2D eigenvalue weighted by Gasteiger charge is -2.16. The van der Waals surface area contributed by atoms with Crippen LogP contribution in [0.3, 0.4) is 0 Å². The summed E-state index contributed by atoms with van der Waals surface area (Å²) >= 11 is 0. The molecule has 1 aromatic carbocycles. The standard InChI is InChI=1S/C18H25NO3/c1-6-14(19-5)9-10-21-16-8-7-15-11(2)12(3)18(20)22-17(15)13(16)4/h7-8,14,19H,6,9-10H2,1-5H3/t14-/m0/s1. The molecule has 4 heteroatoms. The molecule has 1 aromatic heterocycles. The van der Waals surface area contributed by atoms with Gasteiger partial charge in [0.15, 0.2) is 0 Å². The molecule has 0 spiro atoms. The Balaban J connectivity index is 2.28. The summed E-state index contributed by atoms with van der Waals surface area (Å²) in [5.74, 6) is 0.782. The molecule has 0 radical (unpaired) electrons. The van der Waals surface area contributed by atoms with Gasteiger partial charge in [0.25, 0.3) is 0 Å². The van der Waals surface area contributed by atoms with E-state index in [1.165, 1.54) is 0 Å². The van der Waals surface area contributed by atoms with Gasteiger partial charge in [0, 0.05) is 22.6 Å². The maximum Gasteiger partial charge on any atom is 0.339 e. The minimum absolute atomic E-state index is 0.272. The molecule has 0 saturated carbocycles. The first-order valence-electron chi connectivity index (χ1n) is 7.83. The van der Waals surface area contributed by atoms with Crippen LogP contribution in [-0.2, 0) is 0 Å². The minimum Gasteiger partial charge on any atom is -0.493 e. The molecule has 4 nitrogen and oxygen atoms in total. The largest absolute Gasteiger partial charge is 0.493 e. The third kappa shape index (κ3) is 3.17. The van der Waals surface area contributed by atoms with Crippen LogP contribution in [0.4, 0.5) is 0 Å². The van der Waals surface area contributed by atoms with E-state index >= 15 is 0 Å². The van der Waals surface area contributed by atoms with Gasteiger partial charge in [-0.05, 0) is 58.4 Å². The monoisotopic (exact) mass is 303 g/mol. The number of hydrogen-bond acceptors (Lipinski definition) is 4. The van der Waals surface area contributed by atoms with Gasteiger partial charge in [0.2, 0.25) is 0 Å². The lowest BCUT2D eigenvalue weighted by molar-refractivity contribution is 0.285. The normalized spacial score (nSPS) is 12.6. The zero-order chi connectivity index (χ0) is 16.3. The number of fused-ring (bicyclic) bond motifs is 1. The fraction of sp³-hybridized carbons (Fsp3) is 0.500. The summed E-state index contributed by atoms with van der Waals surface area (Å²) in [5.41, 5.74) is 2.88. The van der Waals surface area contributed by atoms with Crippen LogP contribution in [-0.4, -0.2) is 19.7 Å². The van der Waals surface area contributed by atoms with Crippen LogP contribution in [0, 0.1) is 20.8 Å². The molecule has 1 atom stereocenters. The summed E-state index contributed by atoms with van der Waals surface area (Å²) < 4.78 is 11.4. The fourth-order valence-electron chi connectivity index (χ4n) is 2.64. The molecule has 0 amide bonds. The van der Waals surface area contributed by atoms with Gasteiger partial charge in [-0.25, -0.2) is 4.79 Å². The molecule has 2 aromatic rings. The van der Waals surface area contributed by atoms with Crippen molar-refractivity contribution in [2.45, 2.75) is 46.6 Å². The van der Waals surface area contributed by atoms with E-state index in [0.717, 1.165) is 35.1 Å². The SMILES string of the molecule is CC[C@@H](CCOc1ccc2c(C)c(C)c(=O)oc2c1C)NC. The highest BCUT2D eigenvalue weighted by atomic mass is 16.5. The zero-order valence-corrected chi connectivity index (χ0v) is 14.1. The Morgan fingerprint density at radius 1 is 1.18 bits per heavy atom. The molecular weight excluding hydrogens is 278 g/mol. The van der Waals surface area contributed by atoms with Gasteiger partial charge in [0.1, 0.15) is 11.3 Å². The van der Waals surface area contributed by atoms with Crippen molar-refractivity contribution in [2.75, 3.05) is 13.7 Å². The lowest BCUT2D eigenvalue weighted by atomic mass is 10.0. The second-order valence-corrected chi connectivity index (χ2v) is 5.74. The average Bonchev–Trinajstić information content (AvgIpc) is 2.52. The number of benzene rings is 1. The molecule has 22 heavy (non-hydrogen) atoms. The first-order chi connectivity index (χ1) is 10.5. The third-order valence-corrected chi connectivity index (χ3v) is 4.45. The van der Waals surface area contributed by atoms with Crippen molar-refractivity contribution in [2.24, 2.45) is 0 Å². The van der Waals surface area contributed by atoms with Gasteiger partial charge in [-0.1, -0.05) is 6.92 Å². The van der Waals surface area contributed by atoms with E-state index in [0.29, 0.717) is 23.8 Å². The van der Waals surface area contributed by atoms with E-state index in [9.17, 15) is 4.79 Å². The van der Waals surface area contributed by atoms with E-state index in [1.54, 1.807) is 6.92 Å². The number of hydrogen-bond donors (Lipinski definition) is 1. The summed E-state index contributed by atoms with van der Waals surface area (Å²) in [5, 5.41) is 4.24. The Morgan fingerprint density at radius 3 is 2.55 bits per heavy atom. The second-order valence-electron chi connectivity index (χ2n) is 5.74. The number of ether oxygens (including phenoxy) is 1. The number of nitrogens with one attached hydrogen (secondary N) is 1. The van der Waals surface area contributed by atoms with Crippen molar-refractivity contribution in [1.29, 1.82) is 0 Å². The summed E-state index contributed by atoms with van der Waals surface area (Å²) in [6, 6.07) is 4.39. The van der Waals surface area contributed by atoms with Crippen molar-refractivity contribution < 1.29 is 9.15 Å². The molecular formula is C18H25NO3. The van der Waals surface area contributed by atoms with Crippen molar-refractivity contribution in [3.05, 3.63) is 39.2 Å². The summed E-state index contributed by atoms with van der Waals surface area (Å²) in [6.45, 7) is 8.48. The Bertz CT molecular complexity index is 714. The van der Waals surface area contributed by atoms with Crippen LogP contribution in [0.1, 0.15) is 36.5 Å². The van der Waals surface area contributed by atoms with Crippen LogP contribution in [0.15, 0.2) is 21.3 Å². The number of aryl methyl sites for hydroxylation is 2. The average molecular weight is 303 g/mol. The Labute approximate surface area is 131 Å². The smallest absolute Gasteiger partial charge is 0.339 e. The maximum absolute atomic E-state index is 11.9. The van der Waals surface area contributed by atoms with E-state index in [4.69, 9.17) is 9.15 Å². The van der Waals surface area contributed by atoms with Gasteiger partial charge in [-0.15, -0.1) is 0 Å². The zero-order valence-electron chi connectivity index (χ0n) is 14.1. The van der Waals surface area contributed by atoms with E-state index in [-0.39, 0.29) is 5.63 Å². The van der Waals surface area contributed by atoms with Crippen LogP contribution >= 0.6 is 0 Å². The lowest BCUT2D eigenvalue weighted by Crippen LogP contribution is -2.26. The van der Waals surface area contributed by atoms with E-state index in [2.05, 4.69) is 12.2 Å². The molecule has 1 N–H and O–H groups in total. The third-order valence-electron chi connectivity index (χ3n) is 4.45. The van der Waals surface area contributed by atoms with Crippen LogP contribution in [0.25, 0.3) is 11.0 Å². The first-order valence-corrected chi connectivity index (χ1v) is 7.83. The number of rotatable bonds is 6. The highest BCUT2D eigenvalue weighted by molar-refractivity contribution is 5.85. The van der Waals surface area contributed by atoms with Gasteiger partial charge >= 0.3 is 5.63 Å². The molecule has 0 saturated heterocycles. The van der Waals surface area contributed by atoms with Crippen LogP contribution in [0.2, 0.25) is 0 Å². The molecule has 0 fully saturated rings. The molecule has 0 unspecified atom stereocenters. The highest BCUT2D eigenvalue weighted by Crippen LogP contribution is 2.29. The van der Waals surface area contributed by atoms with Gasteiger partial charge in [-0.2, -0.15) is 0 Å². The van der Waals surface area contributed by atoms with Crippen molar-refractivity contribution in [3.63, 3.8) is 0 Å². The van der Waals surface area contributed by atoms with Gasteiger partial charge < -0.3 is 14.5 Å². The Morgan fingerprint density at radius 2 is 1.91 bits per heavy atom. The van der Waals surface area contributed by atoms with Crippen LogP contribution in [0.5, 0.6) is 5.75 Å². The topological polar surface area (TPSA) is 51.5 Å². The molecule has 0 aliphatic rings. The van der Waals surface area contributed by atoms with Crippen molar-refractivity contribution >= 4 is 11.0 Å². The first kappa shape index (κ1) is 16.6. The molecule has 1 heterocycles. The molecule has 0 bridgehead atoms. The molecule has 120 valence electrons. The minimum atomic E-state index is -0.272. The molecule has 0 aliphatic heterocycles. The predicted octanol–water partition coefficient (Wildman–Crippen LogP) is 3.49. The van der Waals surface area contributed by atoms with Crippen molar-refractivity contribution in [3.8, 4) is 5.75 Å². The summed E-state index contributed by atoms with van der Waals surface area (Å²) in [7, 11) is 1.97. The second kappa shape index (κ2) is 6.97. The Kier molecular flexibility index (Phi) is 5.24.